The van der Waals surface area contributed by atoms with Gasteiger partial charge < -0.3 is 0 Å². The topological polar surface area (TPSA) is 0 Å². The molecule has 0 heterocycles. The fourth-order valence-corrected chi connectivity index (χ4v) is 0.922. The Balaban J connectivity index is 0.000000261. The van der Waals surface area contributed by atoms with E-state index in [-0.39, 0.29) is 0 Å². The van der Waals surface area contributed by atoms with Crippen molar-refractivity contribution >= 4 is 0 Å². The molecule has 0 nitrogen and oxygen atoms in total. The standard InChI is InChI=1S/C8H12.C4H10/c1-7-5-3-4-6-8(7)2;1-3-4-2/h5-6H,3-4H2,1-2H3;3-4H2,1-2H3. The molecule has 0 amide bonds. The van der Waals surface area contributed by atoms with Crippen LogP contribution in [0.15, 0.2) is 23.3 Å². The Labute approximate surface area is 77.4 Å². The number of rotatable bonds is 1. The van der Waals surface area contributed by atoms with Gasteiger partial charge in [0.15, 0.2) is 0 Å². The van der Waals surface area contributed by atoms with Crippen LogP contribution >= 0.6 is 0 Å². The van der Waals surface area contributed by atoms with Crippen molar-refractivity contribution in [2.45, 2.75) is 53.4 Å². The number of allylic oxidation sites excluding steroid dienone is 4. The minimum atomic E-state index is 1.24. The van der Waals surface area contributed by atoms with Crippen LogP contribution in [0.5, 0.6) is 0 Å². The third-order valence-corrected chi connectivity index (χ3v) is 2.19. The van der Waals surface area contributed by atoms with Crippen molar-refractivity contribution in [3.05, 3.63) is 23.3 Å². The summed E-state index contributed by atoms with van der Waals surface area (Å²) in [5.41, 5.74) is 2.91. The van der Waals surface area contributed by atoms with Crippen LogP contribution in [-0.2, 0) is 0 Å². The maximum atomic E-state index is 2.30. The third kappa shape index (κ3) is 5.17. The highest BCUT2D eigenvalue weighted by Gasteiger charge is 1.95. The summed E-state index contributed by atoms with van der Waals surface area (Å²) in [4.78, 5) is 0. The SMILES string of the molecule is CC1=CCCC=C1C.CCCC. The Morgan fingerprint density at radius 3 is 1.42 bits per heavy atom. The van der Waals surface area contributed by atoms with E-state index in [2.05, 4.69) is 39.8 Å². The van der Waals surface area contributed by atoms with E-state index in [1.54, 1.807) is 0 Å². The molecule has 0 N–H and O–H groups in total. The van der Waals surface area contributed by atoms with Gasteiger partial charge in [-0.15, -0.1) is 0 Å². The van der Waals surface area contributed by atoms with Gasteiger partial charge in [0.25, 0.3) is 0 Å². The molecule has 0 spiro atoms. The normalized spacial score (nSPS) is 15.7. The van der Waals surface area contributed by atoms with Crippen molar-refractivity contribution in [2.75, 3.05) is 0 Å². The summed E-state index contributed by atoms with van der Waals surface area (Å²) >= 11 is 0. The molecular weight excluding hydrogens is 144 g/mol. The van der Waals surface area contributed by atoms with E-state index in [1.807, 2.05) is 0 Å². The van der Waals surface area contributed by atoms with Gasteiger partial charge >= 0.3 is 0 Å². The first-order chi connectivity index (χ1) is 5.72. The van der Waals surface area contributed by atoms with Gasteiger partial charge in [0.2, 0.25) is 0 Å². The van der Waals surface area contributed by atoms with Gasteiger partial charge in [-0.1, -0.05) is 50.0 Å². The van der Waals surface area contributed by atoms with Crippen LogP contribution in [0.25, 0.3) is 0 Å². The van der Waals surface area contributed by atoms with E-state index in [1.165, 1.54) is 36.8 Å². The zero-order valence-corrected chi connectivity index (χ0v) is 8.98. The van der Waals surface area contributed by atoms with E-state index in [9.17, 15) is 0 Å². The summed E-state index contributed by atoms with van der Waals surface area (Å²) in [7, 11) is 0. The fraction of sp³-hybridized carbons (Fsp3) is 0.667. The molecule has 1 rings (SSSR count). The van der Waals surface area contributed by atoms with Crippen LogP contribution in [0.4, 0.5) is 0 Å². The zero-order chi connectivity index (χ0) is 9.40. The first-order valence-corrected chi connectivity index (χ1v) is 5.06. The van der Waals surface area contributed by atoms with E-state index in [4.69, 9.17) is 0 Å². The van der Waals surface area contributed by atoms with Gasteiger partial charge in [0.05, 0.1) is 0 Å². The summed E-state index contributed by atoms with van der Waals surface area (Å²) in [5, 5.41) is 0. The highest BCUT2D eigenvalue weighted by atomic mass is 14.0. The molecule has 0 unspecified atom stereocenters. The average Bonchev–Trinajstić information content (AvgIpc) is 2.11. The average molecular weight is 166 g/mol. The first-order valence-electron chi connectivity index (χ1n) is 5.06. The zero-order valence-electron chi connectivity index (χ0n) is 8.98. The second kappa shape index (κ2) is 7.15. The molecule has 0 aliphatic heterocycles. The lowest BCUT2D eigenvalue weighted by atomic mass is 10.0. The van der Waals surface area contributed by atoms with Crippen molar-refractivity contribution < 1.29 is 0 Å². The third-order valence-electron chi connectivity index (χ3n) is 2.19. The molecule has 12 heavy (non-hydrogen) atoms. The molecule has 0 bridgehead atoms. The summed E-state index contributed by atoms with van der Waals surface area (Å²) in [6.45, 7) is 8.70. The molecule has 0 aromatic heterocycles. The lowest BCUT2D eigenvalue weighted by Gasteiger charge is -2.05. The Bertz CT molecular complexity index is 141. The number of hydrogen-bond donors (Lipinski definition) is 0. The van der Waals surface area contributed by atoms with Crippen LogP contribution in [0.2, 0.25) is 0 Å². The van der Waals surface area contributed by atoms with Crippen molar-refractivity contribution in [3.63, 3.8) is 0 Å². The van der Waals surface area contributed by atoms with Crippen LogP contribution < -0.4 is 0 Å². The molecule has 0 saturated heterocycles. The summed E-state index contributed by atoms with van der Waals surface area (Å²) in [6, 6.07) is 0. The summed E-state index contributed by atoms with van der Waals surface area (Å²) in [5.74, 6) is 0. The van der Waals surface area contributed by atoms with Gasteiger partial charge in [-0.3, -0.25) is 0 Å². The minimum absolute atomic E-state index is 1.24. The van der Waals surface area contributed by atoms with E-state index in [0.717, 1.165) is 0 Å². The Kier molecular flexibility index (Phi) is 6.84. The molecule has 0 radical (unpaired) electrons. The van der Waals surface area contributed by atoms with Gasteiger partial charge in [-0.25, -0.2) is 0 Å². The van der Waals surface area contributed by atoms with Gasteiger partial charge in [-0.05, 0) is 26.7 Å². The molecule has 0 fully saturated rings. The second-order valence-corrected chi connectivity index (χ2v) is 3.35. The first kappa shape index (κ1) is 11.5. The molecule has 0 atom stereocenters. The Hall–Kier alpha value is -0.520. The predicted molar refractivity (Wildman–Crippen MR) is 57.3 cm³/mol. The maximum absolute atomic E-state index is 2.30. The quantitative estimate of drug-likeness (QED) is 0.539. The fourth-order valence-electron chi connectivity index (χ4n) is 0.922. The molecule has 0 heteroatoms. The Morgan fingerprint density at radius 1 is 0.917 bits per heavy atom. The summed E-state index contributed by atoms with van der Waals surface area (Å²) in [6.07, 6.45) is 9.72. The van der Waals surface area contributed by atoms with Crippen molar-refractivity contribution in [1.29, 1.82) is 0 Å². The highest BCUT2D eigenvalue weighted by molar-refractivity contribution is 5.29. The van der Waals surface area contributed by atoms with Crippen LogP contribution in [-0.4, -0.2) is 0 Å². The van der Waals surface area contributed by atoms with Crippen LogP contribution in [0.1, 0.15) is 53.4 Å². The molecule has 70 valence electrons. The molecular formula is C12H22. The van der Waals surface area contributed by atoms with Crippen LogP contribution in [0, 0.1) is 0 Å². The molecule has 1 aliphatic rings. The summed E-state index contributed by atoms with van der Waals surface area (Å²) < 4.78 is 0. The monoisotopic (exact) mass is 166 g/mol. The van der Waals surface area contributed by atoms with Gasteiger partial charge in [-0.2, -0.15) is 0 Å². The molecule has 0 aromatic rings. The van der Waals surface area contributed by atoms with E-state index < -0.39 is 0 Å². The lowest BCUT2D eigenvalue weighted by molar-refractivity contribution is 0.886. The second-order valence-electron chi connectivity index (χ2n) is 3.35. The van der Waals surface area contributed by atoms with Crippen molar-refractivity contribution in [2.24, 2.45) is 0 Å². The molecule has 0 saturated carbocycles. The Morgan fingerprint density at radius 2 is 1.25 bits per heavy atom. The van der Waals surface area contributed by atoms with E-state index in [0.29, 0.717) is 0 Å². The highest BCUT2D eigenvalue weighted by Crippen LogP contribution is 2.16. The van der Waals surface area contributed by atoms with Gasteiger partial charge in [0, 0.05) is 0 Å². The van der Waals surface area contributed by atoms with Gasteiger partial charge in [0.1, 0.15) is 0 Å². The maximum Gasteiger partial charge on any atom is -0.0310 e. The lowest BCUT2D eigenvalue weighted by Crippen LogP contribution is -1.85. The van der Waals surface area contributed by atoms with Crippen molar-refractivity contribution in [3.8, 4) is 0 Å². The largest absolute Gasteiger partial charge is 0.0810 e. The predicted octanol–water partition coefficient (Wildman–Crippen LogP) is 4.48. The number of hydrogen-bond acceptors (Lipinski definition) is 0. The number of unbranched alkanes of at least 4 members (excludes halogenated alkanes) is 1. The molecule has 0 aromatic carbocycles. The van der Waals surface area contributed by atoms with Crippen molar-refractivity contribution in [1.82, 2.24) is 0 Å². The van der Waals surface area contributed by atoms with Crippen LogP contribution in [0.3, 0.4) is 0 Å². The minimum Gasteiger partial charge on any atom is -0.0810 e. The smallest absolute Gasteiger partial charge is 0.0310 e. The van der Waals surface area contributed by atoms with E-state index >= 15 is 0 Å². The molecule has 1 aliphatic carbocycles.